The van der Waals surface area contributed by atoms with Gasteiger partial charge in [0.15, 0.2) is 0 Å². The molecular weight excluding hydrogens is 518 g/mol. The van der Waals surface area contributed by atoms with Crippen LogP contribution in [0.3, 0.4) is 0 Å². The van der Waals surface area contributed by atoms with Crippen LogP contribution >= 0.6 is 0 Å². The van der Waals surface area contributed by atoms with E-state index < -0.39 is 12.0 Å². The fraction of sp³-hybridized carbons (Fsp3) is 0.158. The predicted molar refractivity (Wildman–Crippen MR) is 169 cm³/mol. The summed E-state index contributed by atoms with van der Waals surface area (Å²) in [5, 5.41) is 10.4. The summed E-state index contributed by atoms with van der Waals surface area (Å²) in [5.74, 6) is -0.961. The molecule has 1 atom stereocenters. The van der Waals surface area contributed by atoms with Crippen LogP contribution in [0.5, 0.6) is 0 Å². The summed E-state index contributed by atoms with van der Waals surface area (Å²) >= 11 is 0. The van der Waals surface area contributed by atoms with E-state index in [2.05, 4.69) is 26.0 Å². The van der Waals surface area contributed by atoms with Crippen molar-refractivity contribution in [2.24, 2.45) is 0 Å². The lowest BCUT2D eigenvalue weighted by atomic mass is 9.98. The topological polar surface area (TPSA) is 57.6 Å². The van der Waals surface area contributed by atoms with E-state index >= 15 is 0 Å². The number of hydrogen-bond acceptors (Lipinski definition) is 2. The van der Waals surface area contributed by atoms with Crippen LogP contribution in [0.2, 0.25) is 0 Å². The SMILES string of the molecule is CC(C)c1ccc(CN(C(=O)c2ccc(-c3ccccc3)cc2)[C@@H](Cc2ccc(-c3ccccc3)cc2)C(=O)O)cc1. The molecule has 0 saturated heterocycles. The molecule has 0 spiro atoms. The molecule has 5 aromatic carbocycles. The molecule has 0 bridgehead atoms. The first-order valence-corrected chi connectivity index (χ1v) is 14.3. The van der Waals surface area contributed by atoms with E-state index in [-0.39, 0.29) is 18.9 Å². The number of amides is 1. The van der Waals surface area contributed by atoms with Gasteiger partial charge in [-0.15, -0.1) is 0 Å². The van der Waals surface area contributed by atoms with E-state index in [1.54, 1.807) is 12.1 Å². The van der Waals surface area contributed by atoms with Crippen LogP contribution in [0.15, 0.2) is 133 Å². The molecule has 0 radical (unpaired) electrons. The van der Waals surface area contributed by atoms with Crippen LogP contribution in [0, 0.1) is 0 Å². The first-order valence-electron chi connectivity index (χ1n) is 14.3. The third-order valence-corrected chi connectivity index (χ3v) is 7.65. The monoisotopic (exact) mass is 553 g/mol. The molecule has 4 nitrogen and oxygen atoms in total. The molecule has 0 aromatic heterocycles. The van der Waals surface area contributed by atoms with E-state index in [9.17, 15) is 14.7 Å². The van der Waals surface area contributed by atoms with Gasteiger partial charge in [-0.05, 0) is 57.0 Å². The van der Waals surface area contributed by atoms with Crippen molar-refractivity contribution in [2.45, 2.75) is 38.8 Å². The van der Waals surface area contributed by atoms with Crippen molar-refractivity contribution >= 4 is 11.9 Å². The standard InChI is InChI=1S/C38H35NO3/c1-27(2)30-17-15-29(16-18-30)26-39(37(40)35-23-21-34(22-24-35)32-11-7-4-8-12-32)36(38(41)42)25-28-13-19-33(20-14-28)31-9-5-3-6-10-31/h3-24,27,36H,25-26H2,1-2H3,(H,41,42)/t36-/m0/s1. The number of carboxylic acids is 1. The van der Waals surface area contributed by atoms with E-state index in [0.29, 0.717) is 11.5 Å². The molecule has 210 valence electrons. The predicted octanol–water partition coefficient (Wildman–Crippen LogP) is 8.48. The Balaban J connectivity index is 1.44. The average molecular weight is 554 g/mol. The summed E-state index contributed by atoms with van der Waals surface area (Å²) in [4.78, 5) is 28.3. The second-order valence-electron chi connectivity index (χ2n) is 10.9. The second-order valence-corrected chi connectivity index (χ2v) is 10.9. The maximum Gasteiger partial charge on any atom is 0.326 e. The fourth-order valence-electron chi connectivity index (χ4n) is 5.15. The number of benzene rings is 5. The maximum absolute atomic E-state index is 14.0. The largest absolute Gasteiger partial charge is 0.480 e. The van der Waals surface area contributed by atoms with Crippen molar-refractivity contribution in [3.8, 4) is 22.3 Å². The molecular formula is C38H35NO3. The summed E-state index contributed by atoms with van der Waals surface area (Å²) in [5.41, 5.74) is 7.61. The van der Waals surface area contributed by atoms with Gasteiger partial charge in [0, 0.05) is 18.5 Å². The highest BCUT2D eigenvalue weighted by Crippen LogP contribution is 2.24. The minimum atomic E-state index is -1.04. The van der Waals surface area contributed by atoms with Crippen molar-refractivity contribution in [3.63, 3.8) is 0 Å². The molecule has 4 heteroatoms. The number of hydrogen-bond donors (Lipinski definition) is 1. The van der Waals surface area contributed by atoms with Gasteiger partial charge >= 0.3 is 5.97 Å². The van der Waals surface area contributed by atoms with E-state index in [0.717, 1.165) is 33.4 Å². The minimum absolute atomic E-state index is 0.191. The van der Waals surface area contributed by atoms with Gasteiger partial charge in [-0.1, -0.05) is 135 Å². The summed E-state index contributed by atoms with van der Waals surface area (Å²) in [6.07, 6.45) is 0.197. The lowest BCUT2D eigenvalue weighted by molar-refractivity contribution is -0.142. The Hall–Kier alpha value is -4.96. The van der Waals surface area contributed by atoms with E-state index in [1.165, 1.54) is 10.5 Å². The summed E-state index contributed by atoms with van der Waals surface area (Å²) in [7, 11) is 0. The van der Waals surface area contributed by atoms with Crippen LogP contribution < -0.4 is 0 Å². The lowest BCUT2D eigenvalue weighted by Gasteiger charge is -2.30. The van der Waals surface area contributed by atoms with Gasteiger partial charge < -0.3 is 10.0 Å². The van der Waals surface area contributed by atoms with Crippen molar-refractivity contribution in [1.29, 1.82) is 0 Å². The molecule has 42 heavy (non-hydrogen) atoms. The highest BCUT2D eigenvalue weighted by atomic mass is 16.4. The van der Waals surface area contributed by atoms with Gasteiger partial charge in [-0.25, -0.2) is 4.79 Å². The van der Waals surface area contributed by atoms with Gasteiger partial charge in [0.05, 0.1) is 0 Å². The smallest absolute Gasteiger partial charge is 0.326 e. The third kappa shape index (κ3) is 6.84. The van der Waals surface area contributed by atoms with E-state index in [1.807, 2.05) is 109 Å². The Bertz CT molecular complexity index is 1610. The Morgan fingerprint density at radius 3 is 1.52 bits per heavy atom. The summed E-state index contributed by atoms with van der Waals surface area (Å²) < 4.78 is 0. The molecule has 0 heterocycles. The highest BCUT2D eigenvalue weighted by molar-refractivity contribution is 5.97. The van der Waals surface area contributed by atoms with Crippen molar-refractivity contribution < 1.29 is 14.7 Å². The summed E-state index contributed by atoms with van der Waals surface area (Å²) in [6.45, 7) is 4.46. The van der Waals surface area contributed by atoms with Gasteiger partial charge in [0.25, 0.3) is 5.91 Å². The molecule has 0 saturated carbocycles. The van der Waals surface area contributed by atoms with Crippen molar-refractivity contribution in [1.82, 2.24) is 4.90 Å². The zero-order chi connectivity index (χ0) is 29.5. The maximum atomic E-state index is 14.0. The van der Waals surface area contributed by atoms with Gasteiger partial charge in [0.2, 0.25) is 0 Å². The van der Waals surface area contributed by atoms with Gasteiger partial charge in [-0.3, -0.25) is 4.79 Å². The molecule has 0 aliphatic carbocycles. The molecule has 5 aromatic rings. The van der Waals surface area contributed by atoms with Crippen molar-refractivity contribution in [3.05, 3.63) is 156 Å². The molecule has 0 fully saturated rings. The zero-order valence-corrected chi connectivity index (χ0v) is 24.0. The molecule has 0 aliphatic heterocycles. The van der Waals surface area contributed by atoms with Crippen LogP contribution in [0.4, 0.5) is 0 Å². The molecule has 1 amide bonds. The van der Waals surface area contributed by atoms with Crippen LogP contribution in [0.1, 0.15) is 46.8 Å². The third-order valence-electron chi connectivity index (χ3n) is 7.65. The normalized spacial score (nSPS) is 11.7. The first-order chi connectivity index (χ1) is 20.4. The minimum Gasteiger partial charge on any atom is -0.480 e. The quantitative estimate of drug-likeness (QED) is 0.189. The Morgan fingerprint density at radius 2 is 1.05 bits per heavy atom. The summed E-state index contributed by atoms with van der Waals surface area (Å²) in [6, 6.07) is 42.4. The number of nitrogens with zero attached hydrogens (tertiary/aromatic N) is 1. The zero-order valence-electron chi connectivity index (χ0n) is 24.0. The second kappa shape index (κ2) is 13.1. The molecule has 0 aliphatic rings. The number of carboxylic acid groups (broad SMARTS) is 1. The number of rotatable bonds is 10. The Labute approximate surface area is 247 Å². The highest BCUT2D eigenvalue weighted by Gasteiger charge is 2.31. The van der Waals surface area contributed by atoms with Gasteiger partial charge in [-0.2, -0.15) is 0 Å². The number of aliphatic carboxylic acids is 1. The fourth-order valence-corrected chi connectivity index (χ4v) is 5.15. The van der Waals surface area contributed by atoms with Crippen molar-refractivity contribution in [2.75, 3.05) is 0 Å². The lowest BCUT2D eigenvalue weighted by Crippen LogP contribution is -2.46. The molecule has 5 rings (SSSR count). The van der Waals surface area contributed by atoms with E-state index in [4.69, 9.17) is 0 Å². The number of carbonyl (C=O) groups is 2. The Morgan fingerprint density at radius 1 is 0.595 bits per heavy atom. The molecule has 0 unspecified atom stereocenters. The van der Waals surface area contributed by atoms with Crippen LogP contribution in [-0.4, -0.2) is 27.9 Å². The molecule has 1 N–H and O–H groups in total. The Kier molecular flexibility index (Phi) is 8.93. The van der Waals surface area contributed by atoms with Crippen LogP contribution in [-0.2, 0) is 17.8 Å². The number of carbonyl (C=O) groups excluding carboxylic acids is 1. The van der Waals surface area contributed by atoms with Gasteiger partial charge in [0.1, 0.15) is 6.04 Å². The first kappa shape index (κ1) is 28.6. The average Bonchev–Trinajstić information content (AvgIpc) is 3.03. The van der Waals surface area contributed by atoms with Crippen LogP contribution in [0.25, 0.3) is 22.3 Å².